The fourth-order valence-corrected chi connectivity index (χ4v) is 2.59. The summed E-state index contributed by atoms with van der Waals surface area (Å²) in [5, 5.41) is 4.04. The first-order chi connectivity index (χ1) is 10.3. The van der Waals surface area contributed by atoms with E-state index >= 15 is 0 Å². The van der Waals surface area contributed by atoms with E-state index in [1.165, 1.54) is 6.42 Å². The van der Waals surface area contributed by atoms with Gasteiger partial charge in [-0.15, -0.1) is 0 Å². The molecule has 5 heteroatoms. The molecule has 1 saturated heterocycles. The van der Waals surface area contributed by atoms with Gasteiger partial charge in [0.05, 0.1) is 19.3 Å². The lowest BCUT2D eigenvalue weighted by Crippen LogP contribution is -2.19. The molecule has 1 aromatic rings. The number of halogens is 1. The van der Waals surface area contributed by atoms with Crippen LogP contribution in [0.4, 0.5) is 0 Å². The van der Waals surface area contributed by atoms with Gasteiger partial charge in [0.2, 0.25) is 0 Å². The molecule has 118 valence electrons. The summed E-state index contributed by atoms with van der Waals surface area (Å²) in [6, 6.07) is 5.75. The van der Waals surface area contributed by atoms with E-state index in [-0.39, 0.29) is 0 Å². The molecular formula is C16H24ClNO3. The summed E-state index contributed by atoms with van der Waals surface area (Å²) in [5.41, 5.74) is 1.07. The standard InChI is InChI=1S/C16H24ClNO3/c1-19-10-7-18-12-13-11-14(17)4-5-16(13)21-9-6-15-3-2-8-20-15/h4-5,11,15,18H,2-3,6-10,12H2,1H3. The number of rotatable bonds is 9. The van der Waals surface area contributed by atoms with Gasteiger partial charge in [-0.2, -0.15) is 0 Å². The van der Waals surface area contributed by atoms with E-state index < -0.39 is 0 Å². The fourth-order valence-electron chi connectivity index (χ4n) is 2.40. The second-order valence-corrected chi connectivity index (χ2v) is 5.63. The number of ether oxygens (including phenoxy) is 3. The van der Waals surface area contributed by atoms with Crippen molar-refractivity contribution < 1.29 is 14.2 Å². The van der Waals surface area contributed by atoms with Crippen LogP contribution in [0.15, 0.2) is 18.2 Å². The minimum atomic E-state index is 0.362. The quantitative estimate of drug-likeness (QED) is 0.711. The molecule has 0 bridgehead atoms. The molecule has 21 heavy (non-hydrogen) atoms. The summed E-state index contributed by atoms with van der Waals surface area (Å²) in [5.74, 6) is 0.891. The second kappa shape index (κ2) is 9.26. The monoisotopic (exact) mass is 313 g/mol. The van der Waals surface area contributed by atoms with Crippen molar-refractivity contribution in [2.24, 2.45) is 0 Å². The third-order valence-corrected chi connectivity index (χ3v) is 3.78. The fraction of sp³-hybridized carbons (Fsp3) is 0.625. The molecule has 0 saturated carbocycles. The molecular weight excluding hydrogens is 290 g/mol. The van der Waals surface area contributed by atoms with Gasteiger partial charge in [0.25, 0.3) is 0 Å². The van der Waals surface area contributed by atoms with Crippen LogP contribution in [0.25, 0.3) is 0 Å². The highest BCUT2D eigenvalue weighted by Gasteiger charge is 2.15. The molecule has 1 aliphatic heterocycles. The topological polar surface area (TPSA) is 39.7 Å². The van der Waals surface area contributed by atoms with Crippen LogP contribution < -0.4 is 10.1 Å². The zero-order chi connectivity index (χ0) is 14.9. The lowest BCUT2D eigenvalue weighted by Gasteiger charge is -2.14. The van der Waals surface area contributed by atoms with Gasteiger partial charge >= 0.3 is 0 Å². The second-order valence-electron chi connectivity index (χ2n) is 5.19. The predicted octanol–water partition coefficient (Wildman–Crippen LogP) is 3.02. The molecule has 0 spiro atoms. The van der Waals surface area contributed by atoms with Gasteiger partial charge in [-0.25, -0.2) is 0 Å². The summed E-state index contributed by atoms with van der Waals surface area (Å²) in [6.07, 6.45) is 3.62. The zero-order valence-electron chi connectivity index (χ0n) is 12.6. The largest absolute Gasteiger partial charge is 0.493 e. The van der Waals surface area contributed by atoms with Crippen LogP contribution in [0.3, 0.4) is 0 Å². The summed E-state index contributed by atoms with van der Waals surface area (Å²) < 4.78 is 16.5. The molecule has 1 fully saturated rings. The van der Waals surface area contributed by atoms with Crippen molar-refractivity contribution in [3.05, 3.63) is 28.8 Å². The van der Waals surface area contributed by atoms with E-state index in [0.717, 1.165) is 48.9 Å². The molecule has 0 aromatic heterocycles. The highest BCUT2D eigenvalue weighted by atomic mass is 35.5. The van der Waals surface area contributed by atoms with Crippen molar-refractivity contribution in [2.45, 2.75) is 31.9 Å². The lowest BCUT2D eigenvalue weighted by molar-refractivity contribution is 0.0902. The number of benzene rings is 1. The molecule has 2 rings (SSSR count). The maximum atomic E-state index is 6.07. The zero-order valence-corrected chi connectivity index (χ0v) is 13.3. The summed E-state index contributed by atoms with van der Waals surface area (Å²) in [4.78, 5) is 0. The molecule has 1 aromatic carbocycles. The Kier molecular flexibility index (Phi) is 7.30. The molecule has 0 radical (unpaired) electrons. The van der Waals surface area contributed by atoms with Crippen LogP contribution in [-0.4, -0.2) is 39.6 Å². The van der Waals surface area contributed by atoms with Crippen LogP contribution in [0.5, 0.6) is 5.75 Å². The Morgan fingerprint density at radius 2 is 2.29 bits per heavy atom. The number of methoxy groups -OCH3 is 1. The van der Waals surface area contributed by atoms with Gasteiger partial charge in [-0.3, -0.25) is 0 Å². The van der Waals surface area contributed by atoms with Crippen LogP contribution in [-0.2, 0) is 16.0 Å². The average molecular weight is 314 g/mol. The predicted molar refractivity (Wildman–Crippen MR) is 84.1 cm³/mol. The number of nitrogens with one attached hydrogen (secondary N) is 1. The van der Waals surface area contributed by atoms with Crippen LogP contribution >= 0.6 is 11.6 Å². The molecule has 1 unspecified atom stereocenters. The lowest BCUT2D eigenvalue weighted by atomic mass is 10.2. The Bertz CT molecular complexity index is 422. The van der Waals surface area contributed by atoms with Crippen LogP contribution in [0.1, 0.15) is 24.8 Å². The van der Waals surface area contributed by atoms with E-state index in [9.17, 15) is 0 Å². The van der Waals surface area contributed by atoms with Gasteiger partial charge in [0.1, 0.15) is 5.75 Å². The molecule has 0 amide bonds. The van der Waals surface area contributed by atoms with E-state index in [0.29, 0.717) is 19.3 Å². The van der Waals surface area contributed by atoms with Gasteiger partial charge in [0, 0.05) is 43.8 Å². The van der Waals surface area contributed by atoms with Crippen molar-refractivity contribution in [3.63, 3.8) is 0 Å². The Hall–Kier alpha value is -0.810. The highest BCUT2D eigenvalue weighted by molar-refractivity contribution is 6.30. The Morgan fingerprint density at radius 1 is 1.38 bits per heavy atom. The van der Waals surface area contributed by atoms with Gasteiger partial charge in [0.15, 0.2) is 0 Å². The van der Waals surface area contributed by atoms with Gasteiger partial charge in [-0.1, -0.05) is 11.6 Å². The van der Waals surface area contributed by atoms with Crippen molar-refractivity contribution in [1.82, 2.24) is 5.32 Å². The number of hydrogen-bond donors (Lipinski definition) is 1. The van der Waals surface area contributed by atoms with Crippen molar-refractivity contribution >= 4 is 11.6 Å². The first-order valence-corrected chi connectivity index (χ1v) is 7.90. The normalized spacial score (nSPS) is 18.1. The summed E-state index contributed by atoms with van der Waals surface area (Å²) in [7, 11) is 1.70. The smallest absolute Gasteiger partial charge is 0.123 e. The number of hydrogen-bond acceptors (Lipinski definition) is 4. The maximum Gasteiger partial charge on any atom is 0.123 e. The SMILES string of the molecule is COCCNCc1cc(Cl)ccc1OCCC1CCCO1. The Labute approximate surface area is 131 Å². The molecule has 1 N–H and O–H groups in total. The van der Waals surface area contributed by atoms with Gasteiger partial charge < -0.3 is 19.5 Å². The first kappa shape index (κ1) is 16.6. The average Bonchev–Trinajstić information content (AvgIpc) is 2.99. The van der Waals surface area contributed by atoms with Gasteiger partial charge in [-0.05, 0) is 31.0 Å². The van der Waals surface area contributed by atoms with Crippen molar-refractivity contribution in [1.29, 1.82) is 0 Å². The van der Waals surface area contributed by atoms with E-state index in [1.807, 2.05) is 18.2 Å². The van der Waals surface area contributed by atoms with Crippen molar-refractivity contribution in [2.75, 3.05) is 33.5 Å². The molecule has 1 aliphatic rings. The van der Waals surface area contributed by atoms with E-state index in [2.05, 4.69) is 5.32 Å². The van der Waals surface area contributed by atoms with Crippen LogP contribution in [0, 0.1) is 0 Å². The summed E-state index contributed by atoms with van der Waals surface area (Å²) in [6.45, 7) is 3.78. The molecule has 1 atom stereocenters. The van der Waals surface area contributed by atoms with Crippen molar-refractivity contribution in [3.8, 4) is 5.75 Å². The third-order valence-electron chi connectivity index (χ3n) is 3.54. The minimum absolute atomic E-state index is 0.362. The first-order valence-electron chi connectivity index (χ1n) is 7.52. The minimum Gasteiger partial charge on any atom is -0.493 e. The van der Waals surface area contributed by atoms with E-state index in [1.54, 1.807) is 7.11 Å². The third kappa shape index (κ3) is 5.83. The highest BCUT2D eigenvalue weighted by Crippen LogP contribution is 2.24. The van der Waals surface area contributed by atoms with Crippen LogP contribution in [0.2, 0.25) is 5.02 Å². The van der Waals surface area contributed by atoms with E-state index in [4.69, 9.17) is 25.8 Å². The molecule has 1 heterocycles. The Morgan fingerprint density at radius 3 is 3.05 bits per heavy atom. The maximum absolute atomic E-state index is 6.07. The summed E-state index contributed by atoms with van der Waals surface area (Å²) >= 11 is 6.07. The Balaban J connectivity index is 1.81. The molecule has 4 nitrogen and oxygen atoms in total. The molecule has 0 aliphatic carbocycles.